The minimum Gasteiger partial charge on any atom is -0.378 e. The summed E-state index contributed by atoms with van der Waals surface area (Å²) in [5, 5.41) is 3.75. The van der Waals surface area contributed by atoms with Crippen LogP contribution in [0.15, 0.2) is 34.1 Å². The van der Waals surface area contributed by atoms with Crippen molar-refractivity contribution in [1.29, 1.82) is 0 Å². The van der Waals surface area contributed by atoms with Gasteiger partial charge in [-0.2, -0.15) is 0 Å². The van der Waals surface area contributed by atoms with Gasteiger partial charge >= 0.3 is 0 Å². The summed E-state index contributed by atoms with van der Waals surface area (Å²) in [6.07, 6.45) is 0.519. The molecule has 3 aliphatic heterocycles. The molecule has 0 bridgehead atoms. The number of anilines is 4. The molecule has 2 aromatic carbocycles. The Hall–Kier alpha value is -1.89. The molecule has 0 aromatic heterocycles. The van der Waals surface area contributed by atoms with Crippen molar-refractivity contribution in [3.8, 4) is 0 Å². The van der Waals surface area contributed by atoms with E-state index in [2.05, 4.69) is 67.1 Å². The minimum absolute atomic E-state index is 0.260. The number of aryl methyl sites for hydroxylation is 2. The van der Waals surface area contributed by atoms with E-state index in [1.54, 1.807) is 0 Å². The molecule has 2 aromatic rings. The first-order chi connectivity index (χ1) is 14.5. The zero-order chi connectivity index (χ0) is 20.8. The normalized spacial score (nSPS) is 23.6. The van der Waals surface area contributed by atoms with Crippen LogP contribution in [0.3, 0.4) is 0 Å². The summed E-state index contributed by atoms with van der Waals surface area (Å²) in [4.78, 5) is 7.52. The lowest BCUT2D eigenvalue weighted by Crippen LogP contribution is -2.45. The molecule has 3 aliphatic rings. The predicted molar refractivity (Wildman–Crippen MR) is 125 cm³/mol. The van der Waals surface area contributed by atoms with Crippen LogP contribution in [0.1, 0.15) is 25.0 Å². The van der Waals surface area contributed by atoms with Crippen molar-refractivity contribution in [2.24, 2.45) is 0 Å². The highest BCUT2D eigenvalue weighted by Gasteiger charge is 2.26. The zero-order valence-electron chi connectivity index (χ0n) is 18.3. The summed E-state index contributed by atoms with van der Waals surface area (Å²) in [7, 11) is 0. The first-order valence-corrected chi connectivity index (χ1v) is 11.8. The molecular formula is C24H31N3O2S. The Balaban J connectivity index is 1.47. The lowest BCUT2D eigenvalue weighted by atomic mass is 10.1. The van der Waals surface area contributed by atoms with E-state index < -0.39 is 0 Å². The van der Waals surface area contributed by atoms with Gasteiger partial charge in [0.15, 0.2) is 0 Å². The van der Waals surface area contributed by atoms with Crippen molar-refractivity contribution >= 4 is 34.5 Å². The van der Waals surface area contributed by atoms with Crippen LogP contribution in [0.2, 0.25) is 0 Å². The molecule has 3 heterocycles. The van der Waals surface area contributed by atoms with E-state index in [1.807, 2.05) is 11.8 Å². The molecule has 1 N–H and O–H groups in total. The Bertz CT molecular complexity index is 948. The molecule has 2 atom stereocenters. The smallest absolute Gasteiger partial charge is 0.0726 e. The first kappa shape index (κ1) is 20.0. The number of hydrogen-bond donors (Lipinski definition) is 1. The maximum Gasteiger partial charge on any atom is 0.0726 e. The third-order valence-corrected chi connectivity index (χ3v) is 7.28. The Kier molecular flexibility index (Phi) is 5.33. The van der Waals surface area contributed by atoms with Gasteiger partial charge in [-0.1, -0.05) is 11.8 Å². The van der Waals surface area contributed by atoms with Crippen LogP contribution in [0.5, 0.6) is 0 Å². The SMILES string of the molecule is Cc1cc(N2CCOCC2)cc2c1Nc1c(C)cc(N3C[C@H](C)O[C@@H](C)C3)cc1S2. The van der Waals surface area contributed by atoms with Crippen LogP contribution in [0.25, 0.3) is 0 Å². The topological polar surface area (TPSA) is 37.0 Å². The van der Waals surface area contributed by atoms with Gasteiger partial charge in [-0.3, -0.25) is 0 Å². The third-order valence-electron chi connectivity index (χ3n) is 6.20. The highest BCUT2D eigenvalue weighted by atomic mass is 32.2. The molecule has 2 saturated heterocycles. The van der Waals surface area contributed by atoms with Gasteiger partial charge in [0.2, 0.25) is 0 Å². The highest BCUT2D eigenvalue weighted by Crippen LogP contribution is 2.49. The third kappa shape index (κ3) is 3.77. The van der Waals surface area contributed by atoms with Crippen molar-refractivity contribution in [3.63, 3.8) is 0 Å². The van der Waals surface area contributed by atoms with Crippen LogP contribution in [0.4, 0.5) is 22.7 Å². The molecule has 30 heavy (non-hydrogen) atoms. The van der Waals surface area contributed by atoms with E-state index in [-0.39, 0.29) is 12.2 Å². The molecular weight excluding hydrogens is 394 g/mol. The number of nitrogens with one attached hydrogen (secondary N) is 1. The van der Waals surface area contributed by atoms with Gasteiger partial charge in [-0.15, -0.1) is 0 Å². The molecule has 6 heteroatoms. The summed E-state index contributed by atoms with van der Waals surface area (Å²) in [5.74, 6) is 0. The fourth-order valence-corrected chi connectivity index (χ4v) is 6.00. The standard InChI is InChI=1S/C24H31N3O2S/c1-15-9-19(26-5-7-28-8-6-26)11-21-23(15)25-24-16(2)10-20(12-22(24)30-21)27-13-17(3)29-18(4)14-27/h9-12,17-18,25H,5-8,13-14H2,1-4H3/t17-,18-/m0/s1. The van der Waals surface area contributed by atoms with Crippen molar-refractivity contribution in [3.05, 3.63) is 35.4 Å². The summed E-state index contributed by atoms with van der Waals surface area (Å²) in [5.41, 5.74) is 7.68. The number of hydrogen-bond acceptors (Lipinski definition) is 6. The molecule has 0 radical (unpaired) electrons. The number of rotatable bonds is 2. The van der Waals surface area contributed by atoms with Gasteiger partial charge in [-0.05, 0) is 63.1 Å². The summed E-state index contributed by atoms with van der Waals surface area (Å²) >= 11 is 1.89. The van der Waals surface area contributed by atoms with E-state index >= 15 is 0 Å². The number of ether oxygens (including phenoxy) is 2. The first-order valence-electron chi connectivity index (χ1n) is 10.9. The monoisotopic (exact) mass is 425 g/mol. The molecule has 2 fully saturated rings. The van der Waals surface area contributed by atoms with Crippen molar-refractivity contribution in [2.45, 2.75) is 49.7 Å². The largest absolute Gasteiger partial charge is 0.378 e. The van der Waals surface area contributed by atoms with Crippen molar-refractivity contribution in [1.82, 2.24) is 0 Å². The van der Waals surface area contributed by atoms with Gasteiger partial charge < -0.3 is 24.6 Å². The Labute approximate surface area is 183 Å². The zero-order valence-corrected chi connectivity index (χ0v) is 19.1. The molecule has 0 saturated carbocycles. The number of benzene rings is 2. The Morgan fingerprint density at radius 2 is 1.37 bits per heavy atom. The number of nitrogens with zero attached hydrogens (tertiary/aromatic N) is 2. The van der Waals surface area contributed by atoms with E-state index in [9.17, 15) is 0 Å². The van der Waals surface area contributed by atoms with E-state index in [4.69, 9.17) is 9.47 Å². The highest BCUT2D eigenvalue weighted by molar-refractivity contribution is 7.99. The van der Waals surface area contributed by atoms with Crippen LogP contribution in [0, 0.1) is 13.8 Å². The predicted octanol–water partition coefficient (Wildman–Crippen LogP) is 4.96. The quantitative estimate of drug-likeness (QED) is 0.625. The van der Waals surface area contributed by atoms with E-state index in [1.165, 1.54) is 43.7 Å². The summed E-state index contributed by atoms with van der Waals surface area (Å²) in [6.45, 7) is 14.2. The molecule has 5 rings (SSSR count). The Morgan fingerprint density at radius 3 is 1.93 bits per heavy atom. The molecule has 0 unspecified atom stereocenters. The second-order valence-corrected chi connectivity index (χ2v) is 9.84. The van der Waals surface area contributed by atoms with Crippen LogP contribution < -0.4 is 15.1 Å². The fourth-order valence-electron chi connectivity index (χ4n) is 4.77. The molecule has 0 aliphatic carbocycles. The van der Waals surface area contributed by atoms with Crippen LogP contribution in [-0.2, 0) is 9.47 Å². The van der Waals surface area contributed by atoms with Crippen molar-refractivity contribution in [2.75, 3.05) is 54.5 Å². The second kappa shape index (κ2) is 7.98. The lowest BCUT2D eigenvalue weighted by Gasteiger charge is -2.37. The van der Waals surface area contributed by atoms with E-state index in [0.717, 1.165) is 39.4 Å². The summed E-state index contributed by atoms with van der Waals surface area (Å²) in [6, 6.07) is 9.32. The Morgan fingerprint density at radius 1 is 0.833 bits per heavy atom. The van der Waals surface area contributed by atoms with Gasteiger partial charge in [-0.25, -0.2) is 0 Å². The lowest BCUT2D eigenvalue weighted by molar-refractivity contribution is -0.00522. The second-order valence-electron chi connectivity index (χ2n) is 8.76. The molecule has 5 nitrogen and oxygen atoms in total. The van der Waals surface area contributed by atoms with Crippen LogP contribution >= 0.6 is 11.8 Å². The maximum atomic E-state index is 5.94. The van der Waals surface area contributed by atoms with E-state index in [0.29, 0.717) is 0 Å². The number of morpholine rings is 2. The molecule has 160 valence electrons. The fraction of sp³-hybridized carbons (Fsp3) is 0.500. The van der Waals surface area contributed by atoms with Gasteiger partial charge in [0, 0.05) is 47.3 Å². The van der Waals surface area contributed by atoms with Gasteiger partial charge in [0.05, 0.1) is 36.8 Å². The number of fused-ring (bicyclic) bond motifs is 2. The minimum atomic E-state index is 0.260. The average molecular weight is 426 g/mol. The molecule has 0 amide bonds. The van der Waals surface area contributed by atoms with Gasteiger partial charge in [0.1, 0.15) is 0 Å². The van der Waals surface area contributed by atoms with Crippen LogP contribution in [-0.4, -0.2) is 51.6 Å². The summed E-state index contributed by atoms with van der Waals surface area (Å²) < 4.78 is 11.5. The maximum absolute atomic E-state index is 5.94. The van der Waals surface area contributed by atoms with Gasteiger partial charge in [0.25, 0.3) is 0 Å². The average Bonchev–Trinajstić information content (AvgIpc) is 2.72. The van der Waals surface area contributed by atoms with Crippen molar-refractivity contribution < 1.29 is 9.47 Å². The molecule has 0 spiro atoms.